The van der Waals surface area contributed by atoms with E-state index in [2.05, 4.69) is 6.58 Å². The van der Waals surface area contributed by atoms with Crippen molar-refractivity contribution < 1.29 is 36.5 Å². The van der Waals surface area contributed by atoms with Crippen molar-refractivity contribution in [1.82, 2.24) is 0 Å². The second-order valence-corrected chi connectivity index (χ2v) is 2.97. The van der Waals surface area contributed by atoms with Crippen molar-refractivity contribution in [3.8, 4) is 0 Å². The fourth-order valence-corrected chi connectivity index (χ4v) is 0.411. The minimum atomic E-state index is -4.52. The molecule has 6 heteroatoms. The van der Waals surface area contributed by atoms with Gasteiger partial charge in [-0.3, -0.25) is 0 Å². The van der Waals surface area contributed by atoms with Crippen LogP contribution in [0, 0.1) is 0 Å². The summed E-state index contributed by atoms with van der Waals surface area (Å²) in [6.45, 7) is 2.93. The predicted molar refractivity (Wildman–Crippen MR) is 30.2 cm³/mol. The van der Waals surface area contributed by atoms with E-state index in [0.717, 1.165) is 0 Å². The van der Waals surface area contributed by atoms with Crippen LogP contribution in [0.3, 0.4) is 0 Å². The minimum Gasteiger partial charge on any atom is 0 e. The molecule has 1 radical (unpaired) electrons. The molecule has 0 aromatic heterocycles. The molecule has 0 aromatic carbocycles. The molecular formula is C3H7CuO4P. The van der Waals surface area contributed by atoms with E-state index in [1.807, 2.05) is 0 Å². The molecule has 4 nitrogen and oxygen atoms in total. The molecule has 0 bridgehead atoms. The van der Waals surface area contributed by atoms with Crippen molar-refractivity contribution in [3.05, 3.63) is 12.7 Å². The Bertz CT molecular complexity index is 117. The molecule has 0 aromatic rings. The molecule has 0 saturated heterocycles. The van der Waals surface area contributed by atoms with Gasteiger partial charge in [0.25, 0.3) is 0 Å². The van der Waals surface area contributed by atoms with Crippen LogP contribution >= 0.6 is 7.94 Å². The van der Waals surface area contributed by atoms with Gasteiger partial charge in [-0.05, 0) is 0 Å². The number of carbonyl (C=O) groups excluding carboxylic acids is 1. The van der Waals surface area contributed by atoms with Crippen LogP contribution in [-0.4, -0.2) is 20.2 Å². The van der Waals surface area contributed by atoms with Crippen LogP contribution in [0.4, 0.5) is 0 Å². The Morgan fingerprint density at radius 2 is 1.78 bits per heavy atom. The van der Waals surface area contributed by atoms with Gasteiger partial charge in [-0.25, -0.2) is 0 Å². The van der Waals surface area contributed by atoms with Gasteiger partial charge in [-0.1, -0.05) is 0 Å². The fraction of sp³-hybridized carbons (Fsp3) is 0. The van der Waals surface area contributed by atoms with Gasteiger partial charge in [0.1, 0.15) is 0 Å². The SMILES string of the molecule is C=CC(=O)[PH](O)(O)O.[Cu]. The first-order valence-electron chi connectivity index (χ1n) is 1.82. The molecule has 0 aliphatic rings. The minimum absolute atomic E-state index is 0. The number of hydrogen-bond donors (Lipinski definition) is 3. The number of carbonyl (C=O) groups is 1. The molecule has 0 amide bonds. The van der Waals surface area contributed by atoms with Crippen LogP contribution in [-0.2, 0) is 21.9 Å². The maximum atomic E-state index is 10.0. The van der Waals surface area contributed by atoms with Crippen LogP contribution in [0.15, 0.2) is 12.7 Å². The van der Waals surface area contributed by atoms with Crippen molar-refractivity contribution in [3.63, 3.8) is 0 Å². The van der Waals surface area contributed by atoms with Crippen LogP contribution < -0.4 is 0 Å². The summed E-state index contributed by atoms with van der Waals surface area (Å²) in [7, 11) is -4.52. The molecule has 0 rings (SSSR count). The molecule has 0 saturated carbocycles. The first-order valence-corrected chi connectivity index (χ1v) is 3.66. The van der Waals surface area contributed by atoms with Crippen molar-refractivity contribution in [2.75, 3.05) is 0 Å². The van der Waals surface area contributed by atoms with Crippen molar-refractivity contribution in [2.45, 2.75) is 0 Å². The molecule has 9 heavy (non-hydrogen) atoms. The average Bonchev–Trinajstić information content (AvgIpc) is 1.62. The molecule has 0 fully saturated rings. The van der Waals surface area contributed by atoms with Gasteiger partial charge < -0.3 is 0 Å². The molecule has 0 heterocycles. The van der Waals surface area contributed by atoms with Crippen molar-refractivity contribution in [2.24, 2.45) is 0 Å². The van der Waals surface area contributed by atoms with Gasteiger partial charge in [0.15, 0.2) is 0 Å². The largest absolute Gasteiger partial charge is 0 e. The molecule has 3 N–H and O–H groups in total. The predicted octanol–water partition coefficient (Wildman–Crippen LogP) is -0.832. The Morgan fingerprint density at radius 1 is 1.44 bits per heavy atom. The first kappa shape index (κ1) is 12.0. The normalized spacial score (nSPS) is 11.4. The zero-order valence-electron chi connectivity index (χ0n) is 4.34. The maximum Gasteiger partial charge on any atom is 0 e. The maximum absolute atomic E-state index is 10.0. The van der Waals surface area contributed by atoms with Gasteiger partial charge in [-0.15, -0.1) is 0 Å². The summed E-state index contributed by atoms with van der Waals surface area (Å²) in [4.78, 5) is 34.4. The topological polar surface area (TPSA) is 77.8 Å². The zero-order valence-corrected chi connectivity index (χ0v) is 6.28. The second-order valence-electron chi connectivity index (χ2n) is 1.20. The standard InChI is InChI=1S/C3H7O4P.Cu/c1-2-3(4)8(5,6)7;/h2,5-8H,1H2;. The van der Waals surface area contributed by atoms with Gasteiger partial charge in [-0.2, -0.15) is 0 Å². The number of allylic oxidation sites excluding steroid dienone is 1. The Kier molecular flexibility index (Phi) is 5.48. The fourth-order valence-electron chi connectivity index (χ4n) is 0.137. The summed E-state index contributed by atoms with van der Waals surface area (Å²) < 4.78 is 0. The van der Waals surface area contributed by atoms with Gasteiger partial charge in [0.05, 0.1) is 0 Å². The summed E-state index contributed by atoms with van der Waals surface area (Å²) >= 11 is 0. The first-order chi connectivity index (χ1) is 3.48. The zero-order chi connectivity index (χ0) is 6.78. The van der Waals surface area contributed by atoms with E-state index < -0.39 is 13.5 Å². The van der Waals surface area contributed by atoms with E-state index >= 15 is 0 Å². The molecule has 0 unspecified atom stereocenters. The summed E-state index contributed by atoms with van der Waals surface area (Å²) in [6, 6.07) is 0. The van der Waals surface area contributed by atoms with Gasteiger partial charge in [0.2, 0.25) is 0 Å². The number of hydrogen-bond acceptors (Lipinski definition) is 4. The Labute approximate surface area is 63.3 Å². The third kappa shape index (κ3) is 4.72. The summed E-state index contributed by atoms with van der Waals surface area (Å²) in [5, 5.41) is 0. The smallest absolute Gasteiger partial charge is 0 e. The Morgan fingerprint density at radius 3 is 1.78 bits per heavy atom. The van der Waals surface area contributed by atoms with Crippen LogP contribution in [0.5, 0.6) is 0 Å². The van der Waals surface area contributed by atoms with E-state index in [0.29, 0.717) is 6.08 Å². The molecular weight excluding hydrogens is 195 g/mol. The molecule has 0 spiro atoms. The molecule has 0 aliphatic carbocycles. The second kappa shape index (κ2) is 4.12. The van der Waals surface area contributed by atoms with Crippen molar-refractivity contribution in [1.29, 1.82) is 0 Å². The molecule has 0 aliphatic heterocycles. The van der Waals surface area contributed by atoms with E-state index in [-0.39, 0.29) is 17.1 Å². The third-order valence-electron chi connectivity index (χ3n) is 0.516. The van der Waals surface area contributed by atoms with Crippen LogP contribution in [0.2, 0.25) is 0 Å². The average molecular weight is 202 g/mol. The van der Waals surface area contributed by atoms with E-state index in [4.69, 9.17) is 14.7 Å². The summed E-state index contributed by atoms with van der Waals surface area (Å²) in [5.41, 5.74) is -1.10. The Hall–Kier alpha value is 0.239. The summed E-state index contributed by atoms with van der Waals surface area (Å²) in [5.74, 6) is 0. The molecule has 0 atom stereocenters. The Balaban J connectivity index is 0. The van der Waals surface area contributed by atoms with E-state index in [9.17, 15) is 4.79 Å². The van der Waals surface area contributed by atoms with Crippen molar-refractivity contribution >= 4 is 13.5 Å². The van der Waals surface area contributed by atoms with Gasteiger partial charge in [0, 0.05) is 17.1 Å². The third-order valence-corrected chi connectivity index (χ3v) is 1.38. The quantitative estimate of drug-likeness (QED) is 0.310. The molecule has 59 valence electrons. The van der Waals surface area contributed by atoms with E-state index in [1.54, 1.807) is 0 Å². The van der Waals surface area contributed by atoms with Crippen LogP contribution in [0.25, 0.3) is 0 Å². The van der Waals surface area contributed by atoms with E-state index in [1.165, 1.54) is 0 Å². The van der Waals surface area contributed by atoms with Gasteiger partial charge >= 0.3 is 45.6 Å². The van der Waals surface area contributed by atoms with Crippen LogP contribution in [0.1, 0.15) is 0 Å². The monoisotopic (exact) mass is 201 g/mol. The number of rotatable bonds is 2. The summed E-state index contributed by atoms with van der Waals surface area (Å²) in [6.07, 6.45) is 0.673.